The molecule has 3 aromatic rings. The van der Waals surface area contributed by atoms with Crippen molar-refractivity contribution >= 4 is 11.8 Å². The van der Waals surface area contributed by atoms with Crippen LogP contribution in [-0.2, 0) is 11.2 Å². The lowest BCUT2D eigenvalue weighted by molar-refractivity contribution is 0.372. The first-order valence-corrected chi connectivity index (χ1v) is 8.27. The van der Waals surface area contributed by atoms with Crippen LogP contribution in [0.25, 0.3) is 11.5 Å². The van der Waals surface area contributed by atoms with Gasteiger partial charge in [-0.2, -0.15) is 4.98 Å². The highest BCUT2D eigenvalue weighted by atomic mass is 32.2. The third-order valence-electron chi connectivity index (χ3n) is 3.16. The van der Waals surface area contributed by atoms with Crippen LogP contribution in [0.2, 0.25) is 0 Å². The molecule has 0 spiro atoms. The summed E-state index contributed by atoms with van der Waals surface area (Å²) in [6.45, 7) is 8.16. The van der Waals surface area contributed by atoms with E-state index in [2.05, 4.69) is 20.3 Å². The molecule has 7 heteroatoms. The Kier molecular flexibility index (Phi) is 4.21. The maximum absolute atomic E-state index is 5.66. The topological polar surface area (TPSA) is 77.8 Å². The fourth-order valence-electron chi connectivity index (χ4n) is 1.82. The summed E-state index contributed by atoms with van der Waals surface area (Å²) in [5, 5.41) is 12.6. The van der Waals surface area contributed by atoms with Crippen LogP contribution >= 0.6 is 11.8 Å². The fraction of sp³-hybridized carbons (Fsp3) is 0.375. The van der Waals surface area contributed by atoms with E-state index in [1.54, 1.807) is 0 Å². The molecule has 0 N–H and O–H groups in total. The average Bonchev–Trinajstić information content (AvgIpc) is 3.15. The van der Waals surface area contributed by atoms with Crippen LogP contribution in [0.3, 0.4) is 0 Å². The highest BCUT2D eigenvalue weighted by Gasteiger charge is 2.21. The summed E-state index contributed by atoms with van der Waals surface area (Å²) in [6.07, 6.45) is 0. The van der Waals surface area contributed by atoms with Gasteiger partial charge < -0.3 is 8.94 Å². The molecular formula is C16H18N4O2S. The van der Waals surface area contributed by atoms with Crippen molar-refractivity contribution in [3.05, 3.63) is 41.5 Å². The van der Waals surface area contributed by atoms with Gasteiger partial charge in [-0.25, -0.2) is 0 Å². The predicted molar refractivity (Wildman–Crippen MR) is 87.0 cm³/mol. The van der Waals surface area contributed by atoms with Crippen molar-refractivity contribution in [2.24, 2.45) is 0 Å². The van der Waals surface area contributed by atoms with Crippen LogP contribution < -0.4 is 0 Å². The average molecular weight is 330 g/mol. The number of aryl methyl sites for hydroxylation is 1. The minimum Gasteiger partial charge on any atom is -0.411 e. The van der Waals surface area contributed by atoms with E-state index >= 15 is 0 Å². The first-order chi connectivity index (χ1) is 10.9. The molecule has 3 rings (SSSR count). The number of thioether (sulfide) groups is 1. The Bertz CT molecular complexity index is 787. The molecule has 0 radical (unpaired) electrons. The first-order valence-electron chi connectivity index (χ1n) is 7.28. The van der Waals surface area contributed by atoms with Crippen LogP contribution in [0.1, 0.15) is 38.0 Å². The van der Waals surface area contributed by atoms with Gasteiger partial charge in [-0.05, 0) is 19.1 Å². The molecule has 0 amide bonds. The summed E-state index contributed by atoms with van der Waals surface area (Å²) in [5.41, 5.74) is 1.96. The van der Waals surface area contributed by atoms with Crippen molar-refractivity contribution in [2.75, 3.05) is 0 Å². The minimum absolute atomic E-state index is 0.129. The Balaban J connectivity index is 1.65. The second kappa shape index (κ2) is 6.16. The molecule has 6 nitrogen and oxygen atoms in total. The lowest BCUT2D eigenvalue weighted by Gasteiger charge is -2.10. The van der Waals surface area contributed by atoms with Crippen LogP contribution in [0.15, 0.2) is 38.4 Å². The van der Waals surface area contributed by atoms with Crippen molar-refractivity contribution in [1.82, 2.24) is 20.3 Å². The fourth-order valence-corrected chi connectivity index (χ4v) is 2.42. The van der Waals surface area contributed by atoms with E-state index < -0.39 is 0 Å². The van der Waals surface area contributed by atoms with Gasteiger partial charge in [0, 0.05) is 11.0 Å². The summed E-state index contributed by atoms with van der Waals surface area (Å²) in [7, 11) is 0. The van der Waals surface area contributed by atoms with Crippen molar-refractivity contribution < 1.29 is 8.94 Å². The molecule has 2 heterocycles. The van der Waals surface area contributed by atoms with Crippen LogP contribution in [0, 0.1) is 6.92 Å². The zero-order valence-corrected chi connectivity index (χ0v) is 14.3. The van der Waals surface area contributed by atoms with Gasteiger partial charge >= 0.3 is 0 Å². The van der Waals surface area contributed by atoms with E-state index in [4.69, 9.17) is 8.94 Å². The van der Waals surface area contributed by atoms with Crippen LogP contribution in [0.5, 0.6) is 0 Å². The molecule has 0 fully saturated rings. The van der Waals surface area contributed by atoms with Crippen LogP contribution in [0.4, 0.5) is 0 Å². The number of nitrogens with zero attached hydrogens (tertiary/aromatic N) is 4. The monoisotopic (exact) mass is 330 g/mol. The van der Waals surface area contributed by atoms with Gasteiger partial charge in [-0.15, -0.1) is 10.2 Å². The number of benzene rings is 1. The van der Waals surface area contributed by atoms with Crippen molar-refractivity contribution in [1.29, 1.82) is 0 Å². The molecule has 0 saturated heterocycles. The molecule has 0 aliphatic rings. The lowest BCUT2D eigenvalue weighted by atomic mass is 9.96. The minimum atomic E-state index is -0.129. The largest absolute Gasteiger partial charge is 0.411 e. The van der Waals surface area contributed by atoms with Gasteiger partial charge in [0.15, 0.2) is 5.82 Å². The van der Waals surface area contributed by atoms with Crippen LogP contribution in [-0.4, -0.2) is 20.3 Å². The second-order valence-electron chi connectivity index (χ2n) is 6.29. The lowest BCUT2D eigenvalue weighted by Crippen LogP contribution is -2.13. The van der Waals surface area contributed by atoms with Crippen molar-refractivity contribution in [2.45, 2.75) is 44.1 Å². The summed E-state index contributed by atoms with van der Waals surface area (Å²) in [5.74, 6) is 2.25. The summed E-state index contributed by atoms with van der Waals surface area (Å²) in [6, 6.07) is 7.95. The Labute approximate surface area is 138 Å². The molecule has 0 unspecified atom stereocenters. The zero-order chi connectivity index (χ0) is 16.4. The van der Waals surface area contributed by atoms with E-state index in [-0.39, 0.29) is 5.41 Å². The standard InChI is InChI=1S/C16H18N4O2S/c1-10-5-7-11(8-6-10)13-18-19-15(21-13)23-9-12-17-14(20-22-12)16(2,3)4/h5-8H,9H2,1-4H3. The molecule has 1 aromatic carbocycles. The third kappa shape index (κ3) is 3.79. The highest BCUT2D eigenvalue weighted by molar-refractivity contribution is 7.98. The molecular weight excluding hydrogens is 312 g/mol. The molecule has 0 bridgehead atoms. The molecule has 23 heavy (non-hydrogen) atoms. The Morgan fingerprint density at radius 3 is 2.48 bits per heavy atom. The smallest absolute Gasteiger partial charge is 0.277 e. The summed E-state index contributed by atoms with van der Waals surface area (Å²) >= 11 is 1.38. The quantitative estimate of drug-likeness (QED) is 0.668. The summed E-state index contributed by atoms with van der Waals surface area (Å²) in [4.78, 5) is 4.38. The molecule has 2 aromatic heterocycles. The highest BCUT2D eigenvalue weighted by Crippen LogP contribution is 2.26. The second-order valence-corrected chi connectivity index (χ2v) is 7.22. The van der Waals surface area contributed by atoms with E-state index in [1.807, 2.05) is 52.0 Å². The SMILES string of the molecule is Cc1ccc(-c2nnc(SCc3nc(C(C)(C)C)no3)o2)cc1. The Morgan fingerprint density at radius 1 is 1.09 bits per heavy atom. The van der Waals surface area contributed by atoms with Gasteiger partial charge in [0.2, 0.25) is 11.8 Å². The number of hydrogen-bond donors (Lipinski definition) is 0. The molecule has 0 saturated carbocycles. The van der Waals surface area contributed by atoms with Gasteiger partial charge in [0.05, 0.1) is 5.75 Å². The Hall–Kier alpha value is -2.15. The summed E-state index contributed by atoms with van der Waals surface area (Å²) < 4.78 is 10.9. The van der Waals surface area contributed by atoms with Crippen molar-refractivity contribution in [3.63, 3.8) is 0 Å². The van der Waals surface area contributed by atoms with Gasteiger partial charge in [0.25, 0.3) is 5.22 Å². The predicted octanol–water partition coefficient (Wildman–Crippen LogP) is 4.02. The number of rotatable bonds is 4. The maximum Gasteiger partial charge on any atom is 0.277 e. The molecule has 0 atom stereocenters. The normalized spacial score (nSPS) is 11.8. The van der Waals surface area contributed by atoms with E-state index in [9.17, 15) is 0 Å². The number of aromatic nitrogens is 4. The van der Waals surface area contributed by atoms with Crippen molar-refractivity contribution in [3.8, 4) is 11.5 Å². The van der Waals surface area contributed by atoms with Gasteiger partial charge in [-0.3, -0.25) is 0 Å². The van der Waals surface area contributed by atoms with Gasteiger partial charge in [0.1, 0.15) is 0 Å². The molecule has 120 valence electrons. The maximum atomic E-state index is 5.66. The Morgan fingerprint density at radius 2 is 1.83 bits per heavy atom. The third-order valence-corrected chi connectivity index (χ3v) is 3.97. The number of hydrogen-bond acceptors (Lipinski definition) is 7. The van der Waals surface area contributed by atoms with E-state index in [0.717, 1.165) is 5.56 Å². The van der Waals surface area contributed by atoms with E-state index in [1.165, 1.54) is 17.3 Å². The molecule has 0 aliphatic carbocycles. The van der Waals surface area contributed by atoms with E-state index in [0.29, 0.717) is 28.6 Å². The zero-order valence-electron chi connectivity index (χ0n) is 13.5. The molecule has 0 aliphatic heterocycles. The first kappa shape index (κ1) is 15.7. The van der Waals surface area contributed by atoms with Gasteiger partial charge in [-0.1, -0.05) is 55.4 Å².